The molecule has 2 aromatic rings. The summed E-state index contributed by atoms with van der Waals surface area (Å²) >= 11 is 9.88. The highest BCUT2D eigenvalue weighted by Gasteiger charge is 2.15. The lowest BCUT2D eigenvalue weighted by atomic mass is 10.0. The standard InChI is InChI=1S/C21H22F2N2O2S3/c1-3-5-14(12-25(13-26)21(28)29)17-11-16(24-30-4-2)7-9-19(17)27-20-8-6-15(22)10-18(20)23/h3,5-13,21,24,28-29H,4H2,1-2H3/b5-3-,14-12+. The van der Waals surface area contributed by atoms with Crippen molar-refractivity contribution >= 4 is 54.9 Å². The van der Waals surface area contributed by atoms with Crippen molar-refractivity contribution in [3.63, 3.8) is 0 Å². The van der Waals surface area contributed by atoms with Crippen molar-refractivity contribution in [3.8, 4) is 11.5 Å². The summed E-state index contributed by atoms with van der Waals surface area (Å²) in [7, 11) is 0. The molecule has 0 heterocycles. The topological polar surface area (TPSA) is 41.6 Å². The molecule has 0 atom stereocenters. The molecule has 30 heavy (non-hydrogen) atoms. The van der Waals surface area contributed by atoms with Crippen molar-refractivity contribution in [1.29, 1.82) is 0 Å². The zero-order valence-electron chi connectivity index (χ0n) is 16.4. The Balaban J connectivity index is 2.58. The summed E-state index contributed by atoms with van der Waals surface area (Å²) in [6.07, 6.45) is 5.74. The van der Waals surface area contributed by atoms with Crippen LogP contribution in [0, 0.1) is 11.6 Å². The number of thiol groups is 2. The summed E-state index contributed by atoms with van der Waals surface area (Å²) in [5.41, 5.74) is 2.00. The third-order valence-corrected chi connectivity index (χ3v) is 4.96. The average Bonchev–Trinajstić information content (AvgIpc) is 2.72. The molecule has 0 saturated carbocycles. The van der Waals surface area contributed by atoms with Gasteiger partial charge in [0, 0.05) is 34.8 Å². The molecule has 0 fully saturated rings. The Morgan fingerprint density at radius 2 is 1.97 bits per heavy atom. The van der Waals surface area contributed by atoms with Crippen LogP contribution in [0.5, 0.6) is 11.5 Å². The van der Waals surface area contributed by atoms with Gasteiger partial charge in [0.15, 0.2) is 11.6 Å². The van der Waals surface area contributed by atoms with E-state index in [2.05, 4.69) is 30.0 Å². The van der Waals surface area contributed by atoms with E-state index < -0.39 is 16.3 Å². The fourth-order valence-electron chi connectivity index (χ4n) is 2.43. The number of allylic oxidation sites excluding steroid dienone is 3. The first-order valence-corrected chi connectivity index (χ1v) is 11.0. The molecule has 1 amide bonds. The molecule has 2 rings (SSSR count). The van der Waals surface area contributed by atoms with Crippen LogP contribution in [0.2, 0.25) is 0 Å². The highest BCUT2D eigenvalue weighted by atomic mass is 32.2. The van der Waals surface area contributed by atoms with Crippen LogP contribution in [0.3, 0.4) is 0 Å². The van der Waals surface area contributed by atoms with Crippen molar-refractivity contribution in [2.45, 2.75) is 18.6 Å². The fraction of sp³-hybridized carbons (Fsp3) is 0.190. The van der Waals surface area contributed by atoms with E-state index in [0.717, 1.165) is 23.6 Å². The molecule has 0 bridgehead atoms. The van der Waals surface area contributed by atoms with E-state index in [1.54, 1.807) is 30.5 Å². The SMILES string of the molecule is C/C=C\C(=C/N(C=O)C(S)S)c1cc(NSCC)ccc1Oc1ccc(F)cc1F. The van der Waals surface area contributed by atoms with Crippen LogP contribution in [0.25, 0.3) is 5.57 Å². The Kier molecular flexibility index (Phi) is 9.61. The van der Waals surface area contributed by atoms with E-state index in [9.17, 15) is 13.6 Å². The molecule has 2 aromatic carbocycles. The largest absolute Gasteiger partial charge is 0.454 e. The van der Waals surface area contributed by atoms with Crippen LogP contribution in [0.1, 0.15) is 19.4 Å². The number of amides is 1. The Bertz CT molecular complexity index is 936. The van der Waals surface area contributed by atoms with E-state index in [-0.39, 0.29) is 5.75 Å². The summed E-state index contributed by atoms with van der Waals surface area (Å²) in [6, 6.07) is 8.38. The zero-order valence-corrected chi connectivity index (χ0v) is 19.0. The molecule has 0 radical (unpaired) electrons. The Labute approximate surface area is 190 Å². The van der Waals surface area contributed by atoms with Gasteiger partial charge in [-0.2, -0.15) is 0 Å². The van der Waals surface area contributed by atoms with Gasteiger partial charge in [0.05, 0.1) is 0 Å². The maximum atomic E-state index is 14.1. The highest BCUT2D eigenvalue weighted by molar-refractivity contribution is 8.00. The van der Waals surface area contributed by atoms with E-state index >= 15 is 0 Å². The number of hydrogen-bond donors (Lipinski definition) is 3. The molecule has 0 aromatic heterocycles. The average molecular weight is 469 g/mol. The summed E-state index contributed by atoms with van der Waals surface area (Å²) < 4.78 is 35.7. The first-order chi connectivity index (χ1) is 14.4. The van der Waals surface area contributed by atoms with Gasteiger partial charge in [0.1, 0.15) is 16.3 Å². The lowest BCUT2D eigenvalue weighted by molar-refractivity contribution is -0.115. The van der Waals surface area contributed by atoms with Crippen LogP contribution >= 0.6 is 37.2 Å². The number of nitrogens with one attached hydrogen (secondary N) is 1. The van der Waals surface area contributed by atoms with Gasteiger partial charge in [-0.05, 0) is 37.3 Å². The molecule has 9 heteroatoms. The predicted octanol–water partition coefficient (Wildman–Crippen LogP) is 6.36. The number of nitrogens with zero attached hydrogens (tertiary/aromatic N) is 1. The number of carbonyl (C=O) groups is 1. The van der Waals surface area contributed by atoms with Crippen molar-refractivity contribution in [3.05, 3.63) is 71.9 Å². The van der Waals surface area contributed by atoms with Gasteiger partial charge in [-0.25, -0.2) is 8.78 Å². The van der Waals surface area contributed by atoms with Gasteiger partial charge in [-0.1, -0.05) is 31.0 Å². The molecule has 4 nitrogen and oxygen atoms in total. The second kappa shape index (κ2) is 11.9. The molecule has 0 spiro atoms. The summed E-state index contributed by atoms with van der Waals surface area (Å²) in [6.45, 7) is 3.84. The molecular weight excluding hydrogens is 446 g/mol. The lowest BCUT2D eigenvalue weighted by Gasteiger charge is -2.19. The second-order valence-corrected chi connectivity index (χ2v) is 8.36. The number of halogens is 2. The predicted molar refractivity (Wildman–Crippen MR) is 127 cm³/mol. The first-order valence-electron chi connectivity index (χ1n) is 8.98. The van der Waals surface area contributed by atoms with Gasteiger partial charge < -0.3 is 9.46 Å². The molecule has 0 aliphatic heterocycles. The van der Waals surface area contributed by atoms with Crippen LogP contribution < -0.4 is 9.46 Å². The van der Waals surface area contributed by atoms with Crippen LogP contribution in [0.15, 0.2) is 54.8 Å². The van der Waals surface area contributed by atoms with Crippen molar-refractivity contribution in [2.75, 3.05) is 10.5 Å². The fourth-order valence-corrected chi connectivity index (χ4v) is 3.11. The normalized spacial score (nSPS) is 11.8. The van der Waals surface area contributed by atoms with Gasteiger partial charge in [0.2, 0.25) is 6.41 Å². The third kappa shape index (κ3) is 6.72. The van der Waals surface area contributed by atoms with E-state index in [4.69, 9.17) is 4.74 Å². The van der Waals surface area contributed by atoms with Gasteiger partial charge in [-0.15, -0.1) is 25.3 Å². The summed E-state index contributed by atoms with van der Waals surface area (Å²) in [5, 5.41) is 0. The van der Waals surface area contributed by atoms with Crippen LogP contribution in [-0.2, 0) is 4.79 Å². The number of benzene rings is 2. The molecule has 0 unspecified atom stereocenters. The van der Waals surface area contributed by atoms with Crippen molar-refractivity contribution < 1.29 is 18.3 Å². The Morgan fingerprint density at radius 1 is 1.23 bits per heavy atom. The van der Waals surface area contributed by atoms with Gasteiger partial charge >= 0.3 is 0 Å². The molecule has 0 aliphatic rings. The number of anilines is 1. The van der Waals surface area contributed by atoms with Crippen molar-refractivity contribution in [1.82, 2.24) is 4.90 Å². The molecule has 0 saturated heterocycles. The third-order valence-electron chi connectivity index (χ3n) is 3.76. The van der Waals surface area contributed by atoms with Gasteiger partial charge in [-0.3, -0.25) is 9.69 Å². The first kappa shape index (κ1) is 24.2. The van der Waals surface area contributed by atoms with Crippen molar-refractivity contribution in [2.24, 2.45) is 0 Å². The Morgan fingerprint density at radius 3 is 2.57 bits per heavy atom. The number of hydrogen-bond acceptors (Lipinski definition) is 6. The minimum absolute atomic E-state index is 0.116. The van der Waals surface area contributed by atoms with Gasteiger partial charge in [0.25, 0.3) is 0 Å². The molecule has 1 N–H and O–H groups in total. The number of ether oxygens (including phenoxy) is 1. The van der Waals surface area contributed by atoms with E-state index in [1.807, 2.05) is 19.9 Å². The highest BCUT2D eigenvalue weighted by Crippen LogP contribution is 2.35. The zero-order chi connectivity index (χ0) is 22.1. The maximum Gasteiger partial charge on any atom is 0.215 e. The minimum atomic E-state index is -0.818. The van der Waals surface area contributed by atoms with Crippen LogP contribution in [-0.4, -0.2) is 21.8 Å². The lowest BCUT2D eigenvalue weighted by Crippen LogP contribution is -2.20. The van der Waals surface area contributed by atoms with Crippen LogP contribution in [0.4, 0.5) is 14.5 Å². The molecular formula is C21H22F2N2O2S3. The Hall–Kier alpha value is -2.10. The quantitative estimate of drug-likeness (QED) is 0.125. The second-order valence-electron chi connectivity index (χ2n) is 5.91. The summed E-state index contributed by atoms with van der Waals surface area (Å²) in [5.74, 6) is -0.444. The summed E-state index contributed by atoms with van der Waals surface area (Å²) in [4.78, 5) is 12.7. The smallest absolute Gasteiger partial charge is 0.215 e. The monoisotopic (exact) mass is 468 g/mol. The molecule has 0 aliphatic carbocycles. The maximum absolute atomic E-state index is 14.1. The van der Waals surface area contributed by atoms with E-state index in [1.165, 1.54) is 22.9 Å². The number of carbonyl (C=O) groups excluding carboxylic acids is 1. The minimum Gasteiger partial charge on any atom is -0.454 e. The number of rotatable bonds is 10. The van der Waals surface area contributed by atoms with E-state index in [0.29, 0.717) is 23.3 Å². The molecule has 160 valence electrons.